The van der Waals surface area contributed by atoms with E-state index >= 15 is 0 Å². The van der Waals surface area contributed by atoms with Gasteiger partial charge < -0.3 is 0 Å². The molecule has 0 spiro atoms. The van der Waals surface area contributed by atoms with E-state index in [9.17, 15) is 4.79 Å². The van der Waals surface area contributed by atoms with Gasteiger partial charge in [-0.15, -0.1) is 5.10 Å². The number of para-hydroxylation sites is 1. The number of alkyl halides is 2. The van der Waals surface area contributed by atoms with Crippen molar-refractivity contribution in [1.29, 1.82) is 0 Å². The van der Waals surface area contributed by atoms with Crippen LogP contribution >= 0.6 is 23.2 Å². The highest BCUT2D eigenvalue weighted by Crippen LogP contribution is 2.23. The molecule has 0 N–H and O–H groups in total. The van der Waals surface area contributed by atoms with Crippen molar-refractivity contribution in [3.63, 3.8) is 0 Å². The number of carbonyl (C=O) groups excluding carboxylic acids is 1. The van der Waals surface area contributed by atoms with E-state index in [2.05, 4.69) is 10.3 Å². The van der Waals surface area contributed by atoms with Gasteiger partial charge in [-0.2, -0.15) is 4.68 Å². The third-order valence-corrected chi connectivity index (χ3v) is 2.24. The van der Waals surface area contributed by atoms with Crippen molar-refractivity contribution in [2.24, 2.45) is 0 Å². The number of hydrogen-bond donors (Lipinski definition) is 0. The van der Waals surface area contributed by atoms with Crippen LogP contribution < -0.4 is 0 Å². The maximum absolute atomic E-state index is 11.7. The van der Waals surface area contributed by atoms with Crippen molar-refractivity contribution >= 4 is 40.1 Å². The summed E-state index contributed by atoms with van der Waals surface area (Å²) in [6, 6.07) is 7.08. The molecule has 15 heavy (non-hydrogen) atoms. The summed E-state index contributed by atoms with van der Waals surface area (Å²) in [6.45, 7) is 1.40. The molecule has 0 radical (unpaired) electrons. The molecule has 2 rings (SSSR count). The average Bonchev–Trinajstić information content (AvgIpc) is 2.58. The maximum atomic E-state index is 11.7. The summed E-state index contributed by atoms with van der Waals surface area (Å²) < 4.78 is -0.397. The van der Waals surface area contributed by atoms with E-state index in [1.165, 1.54) is 6.92 Å². The van der Waals surface area contributed by atoms with Crippen LogP contribution in [-0.4, -0.2) is 25.2 Å². The molecule has 0 fully saturated rings. The number of rotatable bonds is 1. The number of aromatic nitrogens is 3. The number of fused-ring (bicyclic) bond motifs is 1. The van der Waals surface area contributed by atoms with Crippen LogP contribution in [0.25, 0.3) is 11.0 Å². The summed E-state index contributed by atoms with van der Waals surface area (Å²) in [5.41, 5.74) is 1.22. The molecule has 1 aromatic carbocycles. The Balaban J connectivity index is 2.58. The highest BCUT2D eigenvalue weighted by Gasteiger charge is 2.30. The number of carbonyl (C=O) groups is 1. The van der Waals surface area contributed by atoms with Crippen LogP contribution in [0.5, 0.6) is 0 Å². The van der Waals surface area contributed by atoms with Gasteiger partial charge in [0.2, 0.25) is 0 Å². The monoisotopic (exact) mass is 243 g/mol. The van der Waals surface area contributed by atoms with Gasteiger partial charge in [-0.1, -0.05) is 40.5 Å². The minimum absolute atomic E-state index is 0.514. The Labute approximate surface area is 95.8 Å². The zero-order valence-electron chi connectivity index (χ0n) is 7.82. The van der Waals surface area contributed by atoms with Gasteiger partial charge in [0.1, 0.15) is 5.52 Å². The van der Waals surface area contributed by atoms with Crippen LogP contribution in [0.2, 0.25) is 0 Å². The van der Waals surface area contributed by atoms with E-state index < -0.39 is 10.2 Å². The molecule has 1 aromatic heterocycles. The summed E-state index contributed by atoms with van der Waals surface area (Å²) in [5.74, 6) is -0.514. The molecule has 0 unspecified atom stereocenters. The lowest BCUT2D eigenvalue weighted by molar-refractivity contribution is 0.0885. The van der Waals surface area contributed by atoms with E-state index in [-0.39, 0.29) is 0 Å². The number of hydrogen-bond acceptors (Lipinski definition) is 3. The highest BCUT2D eigenvalue weighted by molar-refractivity contribution is 6.58. The van der Waals surface area contributed by atoms with E-state index in [1.807, 2.05) is 6.07 Å². The van der Waals surface area contributed by atoms with Gasteiger partial charge in [-0.25, -0.2) is 0 Å². The van der Waals surface area contributed by atoms with Gasteiger partial charge in [0.15, 0.2) is 4.33 Å². The minimum atomic E-state index is -1.50. The molecular formula is C9H7Cl2N3O. The van der Waals surface area contributed by atoms with Crippen LogP contribution in [0.4, 0.5) is 0 Å². The first kappa shape index (κ1) is 10.4. The predicted molar refractivity (Wildman–Crippen MR) is 58.3 cm³/mol. The van der Waals surface area contributed by atoms with Crippen LogP contribution in [0.15, 0.2) is 24.3 Å². The van der Waals surface area contributed by atoms with Gasteiger partial charge in [0, 0.05) is 0 Å². The predicted octanol–water partition coefficient (Wildman–Crippen LogP) is 2.27. The molecule has 0 bridgehead atoms. The first-order chi connectivity index (χ1) is 7.00. The van der Waals surface area contributed by atoms with Crippen LogP contribution in [-0.2, 0) is 0 Å². The summed E-state index contributed by atoms with van der Waals surface area (Å²) in [5, 5.41) is 7.54. The third kappa shape index (κ3) is 1.82. The molecule has 1 heterocycles. The Morgan fingerprint density at radius 2 is 2.07 bits per heavy atom. The van der Waals surface area contributed by atoms with Crippen molar-refractivity contribution < 1.29 is 4.79 Å². The largest absolute Gasteiger partial charge is 0.284 e. The Hall–Kier alpha value is -1.13. The van der Waals surface area contributed by atoms with Crippen molar-refractivity contribution in [3.8, 4) is 0 Å². The van der Waals surface area contributed by atoms with Gasteiger partial charge in [0.05, 0.1) is 5.52 Å². The van der Waals surface area contributed by atoms with E-state index in [0.29, 0.717) is 11.0 Å². The molecule has 6 heteroatoms. The molecule has 2 aromatic rings. The quantitative estimate of drug-likeness (QED) is 0.723. The lowest BCUT2D eigenvalue weighted by Gasteiger charge is -2.10. The summed E-state index contributed by atoms with van der Waals surface area (Å²) in [4.78, 5) is 11.7. The summed E-state index contributed by atoms with van der Waals surface area (Å²) in [7, 11) is 0. The van der Waals surface area contributed by atoms with E-state index in [1.54, 1.807) is 18.2 Å². The molecule has 0 aliphatic rings. The minimum Gasteiger partial charge on any atom is -0.269 e. The number of nitrogens with zero attached hydrogens (tertiary/aromatic N) is 3. The normalized spacial score (nSPS) is 11.9. The SMILES string of the molecule is CC(Cl)(Cl)C(=O)n1nnc2ccccc21. The van der Waals surface area contributed by atoms with Gasteiger partial charge in [-0.3, -0.25) is 4.79 Å². The molecular weight excluding hydrogens is 237 g/mol. The lowest BCUT2D eigenvalue weighted by Crippen LogP contribution is -2.29. The Morgan fingerprint density at radius 1 is 1.40 bits per heavy atom. The topological polar surface area (TPSA) is 47.8 Å². The fourth-order valence-corrected chi connectivity index (χ4v) is 1.36. The van der Waals surface area contributed by atoms with Gasteiger partial charge >= 0.3 is 0 Å². The number of halogens is 2. The van der Waals surface area contributed by atoms with Gasteiger partial charge in [-0.05, 0) is 19.1 Å². The third-order valence-electron chi connectivity index (χ3n) is 1.92. The Bertz CT molecular complexity index is 515. The van der Waals surface area contributed by atoms with Crippen molar-refractivity contribution in [1.82, 2.24) is 15.0 Å². The maximum Gasteiger partial charge on any atom is 0.284 e. The molecule has 0 aliphatic heterocycles. The molecule has 0 saturated carbocycles. The molecule has 78 valence electrons. The Morgan fingerprint density at radius 3 is 2.73 bits per heavy atom. The standard InChI is InChI=1S/C9H7Cl2N3O/c1-9(10,11)8(15)14-7-5-3-2-4-6(7)12-13-14/h2-5H,1H3. The molecule has 0 aliphatic carbocycles. The first-order valence-electron chi connectivity index (χ1n) is 4.23. The summed E-state index contributed by atoms with van der Waals surface area (Å²) in [6.07, 6.45) is 0. The van der Waals surface area contributed by atoms with Crippen molar-refractivity contribution in [3.05, 3.63) is 24.3 Å². The lowest BCUT2D eigenvalue weighted by atomic mass is 10.3. The van der Waals surface area contributed by atoms with Crippen molar-refractivity contribution in [2.75, 3.05) is 0 Å². The van der Waals surface area contributed by atoms with Crippen molar-refractivity contribution in [2.45, 2.75) is 11.3 Å². The molecule has 4 nitrogen and oxygen atoms in total. The van der Waals surface area contributed by atoms with E-state index in [0.717, 1.165) is 4.68 Å². The van der Waals surface area contributed by atoms with Crippen LogP contribution in [0.1, 0.15) is 11.7 Å². The summed E-state index contributed by atoms with van der Waals surface area (Å²) >= 11 is 11.4. The second-order valence-electron chi connectivity index (χ2n) is 3.18. The Kier molecular flexibility index (Phi) is 2.40. The van der Waals surface area contributed by atoms with Crippen LogP contribution in [0, 0.1) is 0 Å². The highest BCUT2D eigenvalue weighted by atomic mass is 35.5. The van der Waals surface area contributed by atoms with E-state index in [4.69, 9.17) is 23.2 Å². The van der Waals surface area contributed by atoms with Gasteiger partial charge in [0.25, 0.3) is 5.91 Å². The van der Waals surface area contributed by atoms with Crippen LogP contribution in [0.3, 0.4) is 0 Å². The molecule has 0 amide bonds. The molecule has 0 saturated heterocycles. The fraction of sp³-hybridized carbons (Fsp3) is 0.222. The second kappa shape index (κ2) is 3.47. The zero-order valence-corrected chi connectivity index (χ0v) is 9.33. The average molecular weight is 244 g/mol. The fourth-order valence-electron chi connectivity index (χ4n) is 1.20. The second-order valence-corrected chi connectivity index (χ2v) is 4.89. The smallest absolute Gasteiger partial charge is 0.269 e. The number of benzene rings is 1. The zero-order chi connectivity index (χ0) is 11.1. The molecule has 0 atom stereocenters. The first-order valence-corrected chi connectivity index (χ1v) is 4.99.